The van der Waals surface area contributed by atoms with Crippen molar-refractivity contribution in [2.45, 2.75) is 25.2 Å². The minimum atomic E-state index is -0.912. The molecule has 16 heavy (non-hydrogen) atoms. The zero-order chi connectivity index (χ0) is 11.6. The van der Waals surface area contributed by atoms with Gasteiger partial charge in [-0.1, -0.05) is 12.1 Å². The molecule has 1 fully saturated rings. The maximum Gasteiger partial charge on any atom is 0.196 e. The highest BCUT2D eigenvalue weighted by Crippen LogP contribution is 2.38. The molecule has 0 aromatic heterocycles. The molecule has 88 valence electrons. The number of rotatable bonds is 3. The van der Waals surface area contributed by atoms with E-state index in [1.807, 2.05) is 6.07 Å². The third-order valence-corrected chi connectivity index (χ3v) is 2.78. The number of hydrogen-bond acceptors (Lipinski definition) is 4. The van der Waals surface area contributed by atoms with Gasteiger partial charge in [0.2, 0.25) is 0 Å². The zero-order valence-corrected chi connectivity index (χ0v) is 9.22. The van der Waals surface area contributed by atoms with Gasteiger partial charge in [0.1, 0.15) is 5.75 Å². The van der Waals surface area contributed by atoms with Gasteiger partial charge in [-0.2, -0.15) is 0 Å². The number of aliphatic hydroxyl groups is 1. The van der Waals surface area contributed by atoms with E-state index in [2.05, 4.69) is 0 Å². The summed E-state index contributed by atoms with van der Waals surface area (Å²) in [6.45, 7) is 2.29. The summed E-state index contributed by atoms with van der Waals surface area (Å²) in [7, 11) is 0. The summed E-state index contributed by atoms with van der Waals surface area (Å²) in [5, 5.41) is 18.6. The van der Waals surface area contributed by atoms with Gasteiger partial charge in [0.25, 0.3) is 0 Å². The summed E-state index contributed by atoms with van der Waals surface area (Å²) in [5.74, 6) is -0.750. The van der Waals surface area contributed by atoms with Gasteiger partial charge in [0, 0.05) is 6.61 Å². The Morgan fingerprint density at radius 2 is 2.19 bits per heavy atom. The minimum absolute atomic E-state index is 0.0743. The number of aliphatic hydroxyl groups excluding tert-OH is 1. The SMILES string of the molecule is CC1(c2ccccc2O)OCC(CCO)O1. The van der Waals surface area contributed by atoms with Crippen LogP contribution in [0.1, 0.15) is 18.9 Å². The van der Waals surface area contributed by atoms with Gasteiger partial charge in [-0.25, -0.2) is 0 Å². The molecule has 1 saturated heterocycles. The fourth-order valence-electron chi connectivity index (χ4n) is 1.92. The molecule has 4 heteroatoms. The van der Waals surface area contributed by atoms with Crippen LogP contribution in [-0.4, -0.2) is 29.5 Å². The second-order valence-electron chi connectivity index (χ2n) is 4.03. The van der Waals surface area contributed by atoms with Gasteiger partial charge >= 0.3 is 0 Å². The second-order valence-corrected chi connectivity index (χ2v) is 4.03. The van der Waals surface area contributed by atoms with E-state index in [9.17, 15) is 5.11 Å². The Bertz CT molecular complexity index is 366. The molecule has 0 bridgehead atoms. The molecule has 1 aromatic carbocycles. The molecule has 2 N–H and O–H groups in total. The van der Waals surface area contributed by atoms with Crippen molar-refractivity contribution in [1.82, 2.24) is 0 Å². The van der Waals surface area contributed by atoms with E-state index in [-0.39, 0.29) is 18.5 Å². The number of aromatic hydroxyl groups is 1. The van der Waals surface area contributed by atoms with Crippen molar-refractivity contribution in [3.05, 3.63) is 29.8 Å². The summed E-state index contributed by atoms with van der Waals surface area (Å²) in [6, 6.07) is 6.96. The highest BCUT2D eigenvalue weighted by molar-refractivity contribution is 5.35. The van der Waals surface area contributed by atoms with Crippen LogP contribution in [0.25, 0.3) is 0 Å². The molecule has 2 rings (SSSR count). The quantitative estimate of drug-likeness (QED) is 0.814. The van der Waals surface area contributed by atoms with E-state index in [0.717, 1.165) is 0 Å². The van der Waals surface area contributed by atoms with Gasteiger partial charge in [0.15, 0.2) is 5.79 Å². The number of phenols is 1. The first-order valence-corrected chi connectivity index (χ1v) is 5.37. The number of phenolic OH excluding ortho intramolecular Hbond substituents is 1. The molecule has 1 aliphatic rings. The fraction of sp³-hybridized carbons (Fsp3) is 0.500. The molecule has 0 saturated carbocycles. The third kappa shape index (κ3) is 2.04. The summed E-state index contributed by atoms with van der Waals surface area (Å²) in [5.41, 5.74) is 0.621. The molecular weight excluding hydrogens is 208 g/mol. The largest absolute Gasteiger partial charge is 0.507 e. The first-order valence-electron chi connectivity index (χ1n) is 5.37. The second kappa shape index (κ2) is 4.41. The Balaban J connectivity index is 2.18. The first-order chi connectivity index (χ1) is 7.65. The van der Waals surface area contributed by atoms with Crippen LogP contribution in [0, 0.1) is 0 Å². The number of ether oxygens (including phenoxy) is 2. The van der Waals surface area contributed by atoms with E-state index >= 15 is 0 Å². The Kier molecular flexibility index (Phi) is 3.14. The van der Waals surface area contributed by atoms with E-state index < -0.39 is 5.79 Å². The normalized spacial score (nSPS) is 29.5. The topological polar surface area (TPSA) is 58.9 Å². The van der Waals surface area contributed by atoms with Crippen molar-refractivity contribution in [2.75, 3.05) is 13.2 Å². The lowest BCUT2D eigenvalue weighted by molar-refractivity contribution is -0.163. The van der Waals surface area contributed by atoms with Crippen LogP contribution in [0.4, 0.5) is 0 Å². The number of hydrogen-bond donors (Lipinski definition) is 2. The molecule has 0 radical (unpaired) electrons. The lowest BCUT2D eigenvalue weighted by Crippen LogP contribution is -2.24. The maximum atomic E-state index is 9.74. The molecule has 0 aliphatic carbocycles. The Hall–Kier alpha value is -1.10. The fourth-order valence-corrected chi connectivity index (χ4v) is 1.92. The molecule has 1 heterocycles. The van der Waals surface area contributed by atoms with Crippen LogP contribution < -0.4 is 0 Å². The summed E-state index contributed by atoms with van der Waals surface area (Å²) in [6.07, 6.45) is 0.429. The molecule has 0 amide bonds. The van der Waals surface area contributed by atoms with Crippen molar-refractivity contribution in [3.8, 4) is 5.75 Å². The van der Waals surface area contributed by atoms with E-state index in [1.54, 1.807) is 25.1 Å². The summed E-state index contributed by atoms with van der Waals surface area (Å²) >= 11 is 0. The molecule has 2 unspecified atom stereocenters. The van der Waals surface area contributed by atoms with Crippen LogP contribution in [0.15, 0.2) is 24.3 Å². The number of para-hydroxylation sites is 1. The molecular formula is C12H16O4. The monoisotopic (exact) mass is 224 g/mol. The lowest BCUT2D eigenvalue weighted by Gasteiger charge is -2.24. The first kappa shape index (κ1) is 11.4. The van der Waals surface area contributed by atoms with E-state index in [4.69, 9.17) is 14.6 Å². The Morgan fingerprint density at radius 3 is 2.88 bits per heavy atom. The Labute approximate surface area is 94.4 Å². The Morgan fingerprint density at radius 1 is 1.44 bits per heavy atom. The molecule has 2 atom stereocenters. The average Bonchev–Trinajstić information content (AvgIpc) is 2.62. The van der Waals surface area contributed by atoms with Gasteiger partial charge in [0.05, 0.1) is 18.3 Å². The smallest absolute Gasteiger partial charge is 0.196 e. The highest BCUT2D eigenvalue weighted by Gasteiger charge is 2.40. The molecule has 1 aliphatic heterocycles. The average molecular weight is 224 g/mol. The standard InChI is InChI=1S/C12H16O4/c1-12(10-4-2-3-5-11(10)14)15-8-9(16-12)6-7-13/h2-5,9,13-14H,6-8H2,1H3. The van der Waals surface area contributed by atoms with Crippen molar-refractivity contribution < 1.29 is 19.7 Å². The van der Waals surface area contributed by atoms with E-state index in [0.29, 0.717) is 18.6 Å². The van der Waals surface area contributed by atoms with Gasteiger partial charge in [-0.05, 0) is 25.5 Å². The van der Waals surface area contributed by atoms with Crippen LogP contribution >= 0.6 is 0 Å². The van der Waals surface area contributed by atoms with Crippen LogP contribution in [0.5, 0.6) is 5.75 Å². The summed E-state index contributed by atoms with van der Waals surface area (Å²) in [4.78, 5) is 0. The molecule has 0 spiro atoms. The van der Waals surface area contributed by atoms with E-state index in [1.165, 1.54) is 0 Å². The van der Waals surface area contributed by atoms with Crippen molar-refractivity contribution in [1.29, 1.82) is 0 Å². The van der Waals surface area contributed by atoms with Gasteiger partial charge < -0.3 is 19.7 Å². The molecule has 1 aromatic rings. The van der Waals surface area contributed by atoms with Gasteiger partial charge in [-0.3, -0.25) is 0 Å². The summed E-state index contributed by atoms with van der Waals surface area (Å²) < 4.78 is 11.3. The number of benzene rings is 1. The highest BCUT2D eigenvalue weighted by atomic mass is 16.7. The maximum absolute atomic E-state index is 9.74. The predicted octanol–water partition coefficient (Wildman–Crippen LogP) is 1.36. The third-order valence-electron chi connectivity index (χ3n) is 2.78. The minimum Gasteiger partial charge on any atom is -0.507 e. The van der Waals surface area contributed by atoms with Gasteiger partial charge in [-0.15, -0.1) is 0 Å². The van der Waals surface area contributed by atoms with Crippen LogP contribution in [0.3, 0.4) is 0 Å². The molecule has 4 nitrogen and oxygen atoms in total. The zero-order valence-electron chi connectivity index (χ0n) is 9.22. The van der Waals surface area contributed by atoms with Crippen molar-refractivity contribution in [2.24, 2.45) is 0 Å². The lowest BCUT2D eigenvalue weighted by atomic mass is 10.1. The van der Waals surface area contributed by atoms with Crippen molar-refractivity contribution >= 4 is 0 Å². The van der Waals surface area contributed by atoms with Crippen LogP contribution in [-0.2, 0) is 15.3 Å². The predicted molar refractivity (Wildman–Crippen MR) is 58.0 cm³/mol. The van der Waals surface area contributed by atoms with Crippen LogP contribution in [0.2, 0.25) is 0 Å². The van der Waals surface area contributed by atoms with Crippen molar-refractivity contribution in [3.63, 3.8) is 0 Å².